The van der Waals surface area contributed by atoms with Crippen molar-refractivity contribution in [1.29, 1.82) is 0 Å². The summed E-state index contributed by atoms with van der Waals surface area (Å²) in [6, 6.07) is 0.465. The van der Waals surface area contributed by atoms with E-state index in [0.29, 0.717) is 6.04 Å². The average Bonchev–Trinajstić information content (AvgIpc) is 2.86. The van der Waals surface area contributed by atoms with Crippen molar-refractivity contribution in [2.75, 3.05) is 19.6 Å². The number of nitrogens with one attached hydrogen (secondary N) is 1. The van der Waals surface area contributed by atoms with E-state index in [9.17, 15) is 9.90 Å². The summed E-state index contributed by atoms with van der Waals surface area (Å²) in [6.07, 6.45) is 7.81. The Morgan fingerprint density at radius 3 is 2.55 bits per heavy atom. The van der Waals surface area contributed by atoms with Gasteiger partial charge in [0, 0.05) is 6.04 Å². The van der Waals surface area contributed by atoms with Gasteiger partial charge in [-0.3, -0.25) is 4.79 Å². The van der Waals surface area contributed by atoms with E-state index in [-0.39, 0.29) is 0 Å². The van der Waals surface area contributed by atoms with Crippen molar-refractivity contribution in [3.8, 4) is 0 Å². The van der Waals surface area contributed by atoms with Crippen molar-refractivity contribution in [1.82, 2.24) is 10.2 Å². The summed E-state index contributed by atoms with van der Waals surface area (Å²) in [5.74, 6) is 0.235. The molecular weight excluding hydrogens is 252 g/mol. The minimum absolute atomic E-state index is 0.465. The van der Waals surface area contributed by atoms with Crippen LogP contribution in [0.15, 0.2) is 0 Å². The molecule has 1 saturated heterocycles. The van der Waals surface area contributed by atoms with Gasteiger partial charge in [0.05, 0.1) is 0 Å². The second-order valence-corrected chi connectivity index (χ2v) is 6.58. The molecular formula is C16H30N2O2. The van der Waals surface area contributed by atoms with Crippen molar-refractivity contribution >= 4 is 5.97 Å². The molecule has 2 rings (SSSR count). The standard InChI is InChI=1S/C16H30N2O2/c1-3-5-13-7-10-18(11-8-13)14-6-9-16(12-14,15(19)20)17-4-2/h13-14,17H,3-12H2,1-2H3,(H,19,20). The lowest BCUT2D eigenvalue weighted by molar-refractivity contribution is -0.144. The first-order valence-corrected chi connectivity index (χ1v) is 8.33. The van der Waals surface area contributed by atoms with Gasteiger partial charge in [0.25, 0.3) is 0 Å². The molecule has 4 heteroatoms. The predicted molar refractivity (Wildman–Crippen MR) is 80.9 cm³/mol. The lowest BCUT2D eigenvalue weighted by Gasteiger charge is -2.36. The highest BCUT2D eigenvalue weighted by Gasteiger charge is 2.46. The van der Waals surface area contributed by atoms with Crippen LogP contribution in [-0.4, -0.2) is 47.2 Å². The molecule has 20 heavy (non-hydrogen) atoms. The van der Waals surface area contributed by atoms with Gasteiger partial charge < -0.3 is 15.3 Å². The Bertz CT molecular complexity index is 326. The van der Waals surface area contributed by atoms with Crippen LogP contribution in [0.3, 0.4) is 0 Å². The molecule has 2 atom stereocenters. The SMILES string of the molecule is CCCC1CCN(C2CCC(NCC)(C(=O)O)C2)CC1. The number of nitrogens with zero attached hydrogens (tertiary/aromatic N) is 1. The normalized spacial score (nSPS) is 32.6. The summed E-state index contributed by atoms with van der Waals surface area (Å²) in [5, 5.41) is 12.8. The molecule has 1 heterocycles. The predicted octanol–water partition coefficient (Wildman–Crippen LogP) is 2.48. The van der Waals surface area contributed by atoms with E-state index in [1.165, 1.54) is 25.7 Å². The van der Waals surface area contributed by atoms with Gasteiger partial charge in [-0.05, 0) is 57.7 Å². The van der Waals surface area contributed by atoms with Gasteiger partial charge in [-0.25, -0.2) is 0 Å². The van der Waals surface area contributed by atoms with Crippen LogP contribution in [-0.2, 0) is 4.79 Å². The average molecular weight is 282 g/mol. The van der Waals surface area contributed by atoms with E-state index in [1.54, 1.807) is 0 Å². The number of carboxylic acids is 1. The molecule has 116 valence electrons. The number of likely N-dealkylation sites (tertiary alicyclic amines) is 1. The quantitative estimate of drug-likeness (QED) is 0.786. The lowest BCUT2D eigenvalue weighted by Crippen LogP contribution is -2.51. The van der Waals surface area contributed by atoms with Gasteiger partial charge in [0.2, 0.25) is 0 Å². The molecule has 2 fully saturated rings. The molecule has 4 nitrogen and oxygen atoms in total. The van der Waals surface area contributed by atoms with E-state index < -0.39 is 11.5 Å². The first-order valence-electron chi connectivity index (χ1n) is 8.33. The van der Waals surface area contributed by atoms with Crippen LogP contribution in [0.1, 0.15) is 58.8 Å². The van der Waals surface area contributed by atoms with E-state index in [0.717, 1.165) is 44.8 Å². The molecule has 2 N–H and O–H groups in total. The fraction of sp³-hybridized carbons (Fsp3) is 0.938. The number of hydrogen-bond acceptors (Lipinski definition) is 3. The molecule has 0 aromatic carbocycles. The smallest absolute Gasteiger partial charge is 0.323 e. The fourth-order valence-corrected chi connectivity index (χ4v) is 4.11. The Hall–Kier alpha value is -0.610. The highest BCUT2D eigenvalue weighted by molar-refractivity contribution is 5.79. The third-order valence-corrected chi connectivity index (χ3v) is 5.28. The minimum atomic E-state index is -0.667. The Balaban J connectivity index is 1.88. The summed E-state index contributed by atoms with van der Waals surface area (Å²) in [5.41, 5.74) is -0.667. The monoisotopic (exact) mass is 282 g/mol. The second-order valence-electron chi connectivity index (χ2n) is 6.58. The van der Waals surface area contributed by atoms with Crippen molar-refractivity contribution in [3.63, 3.8) is 0 Å². The first-order chi connectivity index (χ1) is 9.61. The number of hydrogen-bond donors (Lipinski definition) is 2. The molecule has 0 bridgehead atoms. The number of likely N-dealkylation sites (N-methyl/N-ethyl adjacent to an activating group) is 1. The number of piperidine rings is 1. The van der Waals surface area contributed by atoms with Crippen LogP contribution >= 0.6 is 0 Å². The second kappa shape index (κ2) is 6.90. The maximum absolute atomic E-state index is 11.6. The molecule has 0 radical (unpaired) electrons. The van der Waals surface area contributed by atoms with E-state index in [2.05, 4.69) is 17.1 Å². The fourth-order valence-electron chi connectivity index (χ4n) is 4.11. The lowest BCUT2D eigenvalue weighted by atomic mass is 9.91. The highest BCUT2D eigenvalue weighted by atomic mass is 16.4. The van der Waals surface area contributed by atoms with Crippen LogP contribution in [0.5, 0.6) is 0 Å². The Kier molecular flexibility index (Phi) is 5.44. The maximum atomic E-state index is 11.6. The molecule has 1 saturated carbocycles. The van der Waals surface area contributed by atoms with Gasteiger partial charge in [-0.2, -0.15) is 0 Å². The number of rotatable bonds is 6. The van der Waals surface area contributed by atoms with Crippen molar-refractivity contribution < 1.29 is 9.90 Å². The van der Waals surface area contributed by atoms with Gasteiger partial charge in [0.15, 0.2) is 0 Å². The molecule has 0 aromatic heterocycles. The summed E-state index contributed by atoms with van der Waals surface area (Å²) < 4.78 is 0. The minimum Gasteiger partial charge on any atom is -0.480 e. The summed E-state index contributed by atoms with van der Waals surface area (Å²) in [4.78, 5) is 14.1. The highest BCUT2D eigenvalue weighted by Crippen LogP contribution is 2.35. The van der Waals surface area contributed by atoms with Gasteiger partial charge in [0.1, 0.15) is 5.54 Å². The zero-order valence-electron chi connectivity index (χ0n) is 13.0. The van der Waals surface area contributed by atoms with Gasteiger partial charge in [-0.1, -0.05) is 26.7 Å². The van der Waals surface area contributed by atoms with E-state index >= 15 is 0 Å². The molecule has 1 aliphatic carbocycles. The molecule has 2 unspecified atom stereocenters. The summed E-state index contributed by atoms with van der Waals surface area (Å²) in [6.45, 7) is 7.32. The molecule has 2 aliphatic rings. The zero-order valence-corrected chi connectivity index (χ0v) is 13.0. The molecule has 0 aromatic rings. The van der Waals surface area contributed by atoms with Crippen LogP contribution < -0.4 is 5.32 Å². The molecule has 1 aliphatic heterocycles. The maximum Gasteiger partial charge on any atom is 0.323 e. The number of carboxylic acid groups (broad SMARTS) is 1. The molecule has 0 spiro atoms. The first kappa shape index (κ1) is 15.8. The topological polar surface area (TPSA) is 52.6 Å². The Labute approximate surface area is 122 Å². The van der Waals surface area contributed by atoms with Crippen LogP contribution in [0.2, 0.25) is 0 Å². The Morgan fingerprint density at radius 2 is 2.00 bits per heavy atom. The largest absolute Gasteiger partial charge is 0.480 e. The third-order valence-electron chi connectivity index (χ3n) is 5.28. The van der Waals surface area contributed by atoms with Crippen molar-refractivity contribution in [2.24, 2.45) is 5.92 Å². The van der Waals surface area contributed by atoms with E-state index in [4.69, 9.17) is 0 Å². The van der Waals surface area contributed by atoms with Gasteiger partial charge in [-0.15, -0.1) is 0 Å². The van der Waals surface area contributed by atoms with Crippen LogP contribution in [0, 0.1) is 5.92 Å². The van der Waals surface area contributed by atoms with Gasteiger partial charge >= 0.3 is 5.97 Å². The third kappa shape index (κ3) is 3.34. The summed E-state index contributed by atoms with van der Waals surface area (Å²) in [7, 11) is 0. The number of aliphatic carboxylic acids is 1. The van der Waals surface area contributed by atoms with Crippen LogP contribution in [0.4, 0.5) is 0 Å². The number of carbonyl (C=O) groups is 1. The molecule has 0 amide bonds. The van der Waals surface area contributed by atoms with E-state index in [1.807, 2.05) is 6.92 Å². The van der Waals surface area contributed by atoms with Crippen LogP contribution in [0.25, 0.3) is 0 Å². The van der Waals surface area contributed by atoms with Crippen molar-refractivity contribution in [3.05, 3.63) is 0 Å². The summed E-state index contributed by atoms with van der Waals surface area (Å²) >= 11 is 0. The zero-order chi connectivity index (χ0) is 14.6. The Morgan fingerprint density at radius 1 is 1.30 bits per heavy atom. The van der Waals surface area contributed by atoms with Crippen molar-refractivity contribution in [2.45, 2.75) is 70.4 Å².